The number of hydrogen-bond donors (Lipinski definition) is 1. The molecule has 0 spiro atoms. The highest BCUT2D eigenvalue weighted by Gasteiger charge is 2.12. The first-order chi connectivity index (χ1) is 9.36. The van der Waals surface area contributed by atoms with Crippen molar-refractivity contribution < 1.29 is 0 Å². The average Bonchev–Trinajstić information content (AvgIpc) is 2.32. The Labute approximate surface area is 130 Å². The highest BCUT2D eigenvalue weighted by Crippen LogP contribution is 2.30. The van der Waals surface area contributed by atoms with Gasteiger partial charge in [0.2, 0.25) is 0 Å². The van der Waals surface area contributed by atoms with E-state index in [0.717, 1.165) is 11.3 Å². The number of halogens is 2. The van der Waals surface area contributed by atoms with Gasteiger partial charge in [-0.1, -0.05) is 52.5 Å². The van der Waals surface area contributed by atoms with E-state index in [-0.39, 0.29) is 6.04 Å². The molecule has 0 saturated carbocycles. The molecule has 1 N–H and O–H groups in total. The largest absolute Gasteiger partial charge is 0.376 e. The van der Waals surface area contributed by atoms with Gasteiger partial charge in [0, 0.05) is 6.04 Å². The molecule has 0 saturated heterocycles. The number of pyridine rings is 1. The molecular formula is C16H18Cl2N2. The summed E-state index contributed by atoms with van der Waals surface area (Å²) in [5, 5.41) is 4.25. The van der Waals surface area contributed by atoms with Crippen LogP contribution in [0.3, 0.4) is 0 Å². The standard InChI is InChI=1S/C16H18Cl2N2/c1-9-5-10(2)7-13(6-9)12(4)19-15-11(3)8-14(17)20-16(15)18/h5-8,12,19H,1-4H3. The van der Waals surface area contributed by atoms with Crippen LogP contribution < -0.4 is 5.32 Å². The van der Waals surface area contributed by atoms with E-state index in [1.54, 1.807) is 0 Å². The third kappa shape index (κ3) is 3.44. The Morgan fingerprint density at radius 1 is 1.00 bits per heavy atom. The number of aromatic nitrogens is 1. The molecule has 4 heteroatoms. The number of nitrogens with zero attached hydrogens (tertiary/aromatic N) is 1. The van der Waals surface area contributed by atoms with Crippen LogP contribution >= 0.6 is 23.2 Å². The van der Waals surface area contributed by atoms with Crippen LogP contribution in [0.15, 0.2) is 24.3 Å². The van der Waals surface area contributed by atoms with Gasteiger partial charge in [0.15, 0.2) is 5.15 Å². The van der Waals surface area contributed by atoms with Gasteiger partial charge in [0.1, 0.15) is 5.15 Å². The third-order valence-corrected chi connectivity index (χ3v) is 3.71. The topological polar surface area (TPSA) is 24.9 Å². The first kappa shape index (κ1) is 15.1. The Hall–Kier alpha value is -1.25. The van der Waals surface area contributed by atoms with Crippen molar-refractivity contribution in [2.45, 2.75) is 33.7 Å². The highest BCUT2D eigenvalue weighted by atomic mass is 35.5. The molecule has 106 valence electrons. The number of benzene rings is 1. The quantitative estimate of drug-likeness (QED) is 0.759. The number of anilines is 1. The van der Waals surface area contributed by atoms with E-state index in [2.05, 4.69) is 49.3 Å². The van der Waals surface area contributed by atoms with Crippen LogP contribution in [0.1, 0.15) is 35.2 Å². The lowest BCUT2D eigenvalue weighted by Crippen LogP contribution is -2.09. The van der Waals surface area contributed by atoms with E-state index in [9.17, 15) is 0 Å². The third-order valence-electron chi connectivity index (χ3n) is 3.25. The summed E-state index contributed by atoms with van der Waals surface area (Å²) in [6.07, 6.45) is 0. The summed E-state index contributed by atoms with van der Waals surface area (Å²) in [5.41, 5.74) is 5.57. The average molecular weight is 309 g/mol. The molecule has 0 radical (unpaired) electrons. The lowest BCUT2D eigenvalue weighted by molar-refractivity contribution is 0.876. The molecule has 0 aliphatic rings. The second kappa shape index (κ2) is 6.02. The summed E-state index contributed by atoms with van der Waals surface area (Å²) >= 11 is 12.1. The molecule has 2 aromatic rings. The lowest BCUT2D eigenvalue weighted by Gasteiger charge is -2.19. The molecule has 1 heterocycles. The SMILES string of the molecule is Cc1cc(C)cc(C(C)Nc2c(C)cc(Cl)nc2Cl)c1. The van der Waals surface area contributed by atoms with Crippen molar-refractivity contribution >= 4 is 28.9 Å². The zero-order valence-electron chi connectivity index (χ0n) is 12.1. The van der Waals surface area contributed by atoms with E-state index in [4.69, 9.17) is 23.2 Å². The number of nitrogens with one attached hydrogen (secondary N) is 1. The van der Waals surface area contributed by atoms with E-state index in [1.807, 2.05) is 13.0 Å². The van der Waals surface area contributed by atoms with Crippen molar-refractivity contribution in [3.63, 3.8) is 0 Å². The monoisotopic (exact) mass is 308 g/mol. The normalized spacial score (nSPS) is 12.3. The van der Waals surface area contributed by atoms with Crippen molar-refractivity contribution in [1.29, 1.82) is 0 Å². The van der Waals surface area contributed by atoms with Gasteiger partial charge in [0.25, 0.3) is 0 Å². The first-order valence-electron chi connectivity index (χ1n) is 6.54. The molecule has 0 aliphatic heterocycles. The van der Waals surface area contributed by atoms with Gasteiger partial charge in [-0.3, -0.25) is 0 Å². The predicted octanol–water partition coefficient (Wildman–Crippen LogP) is 5.49. The Balaban J connectivity index is 2.30. The fourth-order valence-electron chi connectivity index (χ4n) is 2.33. The molecule has 2 rings (SSSR count). The molecular weight excluding hydrogens is 291 g/mol. The summed E-state index contributed by atoms with van der Waals surface area (Å²) in [4.78, 5) is 4.08. The van der Waals surface area contributed by atoms with Crippen LogP contribution in [-0.4, -0.2) is 4.98 Å². The second-order valence-electron chi connectivity index (χ2n) is 5.21. The molecule has 2 nitrogen and oxygen atoms in total. The Morgan fingerprint density at radius 2 is 1.60 bits per heavy atom. The Bertz CT molecular complexity index is 595. The van der Waals surface area contributed by atoms with E-state index in [0.29, 0.717) is 10.3 Å². The molecule has 0 fully saturated rings. The lowest BCUT2D eigenvalue weighted by atomic mass is 10.0. The van der Waals surface area contributed by atoms with Crippen molar-refractivity contribution in [1.82, 2.24) is 4.98 Å². The molecule has 20 heavy (non-hydrogen) atoms. The summed E-state index contributed by atoms with van der Waals surface area (Å²) in [6.45, 7) is 8.28. The van der Waals surface area contributed by atoms with Gasteiger partial charge in [-0.25, -0.2) is 4.98 Å². The van der Waals surface area contributed by atoms with Gasteiger partial charge in [-0.15, -0.1) is 0 Å². The first-order valence-corrected chi connectivity index (χ1v) is 7.30. The fourth-order valence-corrected chi connectivity index (χ4v) is 2.91. The molecule has 1 aromatic carbocycles. The zero-order valence-corrected chi connectivity index (χ0v) is 13.6. The van der Waals surface area contributed by atoms with Crippen LogP contribution in [0.4, 0.5) is 5.69 Å². The summed E-state index contributed by atoms with van der Waals surface area (Å²) in [6, 6.07) is 8.48. The van der Waals surface area contributed by atoms with Crippen LogP contribution in [0.2, 0.25) is 10.3 Å². The fraction of sp³-hybridized carbons (Fsp3) is 0.312. The maximum Gasteiger partial charge on any atom is 0.154 e. The van der Waals surface area contributed by atoms with E-state index >= 15 is 0 Å². The van der Waals surface area contributed by atoms with Gasteiger partial charge in [-0.2, -0.15) is 0 Å². The molecule has 1 aromatic heterocycles. The predicted molar refractivity (Wildman–Crippen MR) is 86.9 cm³/mol. The smallest absolute Gasteiger partial charge is 0.154 e. The molecule has 1 unspecified atom stereocenters. The maximum absolute atomic E-state index is 6.17. The Morgan fingerprint density at radius 3 is 2.15 bits per heavy atom. The summed E-state index contributed by atoms with van der Waals surface area (Å²) < 4.78 is 0. The minimum absolute atomic E-state index is 0.146. The summed E-state index contributed by atoms with van der Waals surface area (Å²) in [5.74, 6) is 0. The molecule has 0 amide bonds. The van der Waals surface area contributed by atoms with E-state index < -0.39 is 0 Å². The van der Waals surface area contributed by atoms with Gasteiger partial charge >= 0.3 is 0 Å². The van der Waals surface area contributed by atoms with Gasteiger partial charge < -0.3 is 5.32 Å². The highest BCUT2D eigenvalue weighted by molar-refractivity contribution is 6.34. The summed E-state index contributed by atoms with van der Waals surface area (Å²) in [7, 11) is 0. The minimum Gasteiger partial charge on any atom is -0.376 e. The second-order valence-corrected chi connectivity index (χ2v) is 5.96. The van der Waals surface area contributed by atoms with Crippen LogP contribution in [0, 0.1) is 20.8 Å². The Kier molecular flexibility index (Phi) is 4.56. The van der Waals surface area contributed by atoms with E-state index in [1.165, 1.54) is 16.7 Å². The molecule has 1 atom stereocenters. The van der Waals surface area contributed by atoms with Crippen LogP contribution in [-0.2, 0) is 0 Å². The molecule has 0 aliphatic carbocycles. The minimum atomic E-state index is 0.146. The van der Waals surface area contributed by atoms with Crippen LogP contribution in [0.5, 0.6) is 0 Å². The van der Waals surface area contributed by atoms with Crippen molar-refractivity contribution in [2.75, 3.05) is 5.32 Å². The number of aryl methyl sites for hydroxylation is 3. The van der Waals surface area contributed by atoms with Crippen molar-refractivity contribution in [3.05, 3.63) is 56.8 Å². The number of hydrogen-bond acceptors (Lipinski definition) is 2. The molecule has 0 bridgehead atoms. The van der Waals surface area contributed by atoms with Crippen molar-refractivity contribution in [2.24, 2.45) is 0 Å². The number of rotatable bonds is 3. The zero-order chi connectivity index (χ0) is 14.9. The van der Waals surface area contributed by atoms with Crippen molar-refractivity contribution in [3.8, 4) is 0 Å². The van der Waals surface area contributed by atoms with Crippen LogP contribution in [0.25, 0.3) is 0 Å². The maximum atomic E-state index is 6.17. The van der Waals surface area contributed by atoms with Gasteiger partial charge in [-0.05, 0) is 44.9 Å². The van der Waals surface area contributed by atoms with Gasteiger partial charge in [0.05, 0.1) is 5.69 Å².